The molecule has 1 fully saturated rings. The highest BCUT2D eigenvalue weighted by atomic mass is 19.1. The van der Waals surface area contributed by atoms with Crippen molar-refractivity contribution >= 4 is 28.8 Å². The molecule has 10 heteroatoms. The maximum Gasteiger partial charge on any atom is 0.311 e. The number of methoxy groups -OCH3 is 1. The number of aliphatic hydroxyl groups is 1. The van der Waals surface area contributed by atoms with Gasteiger partial charge in [0.05, 0.1) is 23.6 Å². The quantitative estimate of drug-likeness (QED) is 0.155. The molecule has 1 aliphatic heterocycles. The van der Waals surface area contributed by atoms with Gasteiger partial charge < -0.3 is 14.9 Å². The van der Waals surface area contributed by atoms with Crippen molar-refractivity contribution in [1.29, 1.82) is 0 Å². The lowest BCUT2D eigenvalue weighted by molar-refractivity contribution is -0.385. The molecular formula is C27H23FN2O7. The third-order valence-corrected chi connectivity index (χ3v) is 6.17. The number of nitro benzene ring substituents is 1. The van der Waals surface area contributed by atoms with Crippen molar-refractivity contribution in [2.24, 2.45) is 0 Å². The van der Waals surface area contributed by atoms with E-state index in [1.807, 2.05) is 13.8 Å². The summed E-state index contributed by atoms with van der Waals surface area (Å²) in [6.07, 6.45) is 0. The molecule has 1 saturated heterocycles. The number of aromatic hydroxyl groups is 1. The number of anilines is 1. The molecule has 1 amide bonds. The van der Waals surface area contributed by atoms with Gasteiger partial charge >= 0.3 is 5.69 Å². The number of amides is 1. The lowest BCUT2D eigenvalue weighted by atomic mass is 9.92. The number of hydrogen-bond acceptors (Lipinski definition) is 7. The Labute approximate surface area is 211 Å². The molecule has 37 heavy (non-hydrogen) atoms. The summed E-state index contributed by atoms with van der Waals surface area (Å²) in [7, 11) is 1.50. The summed E-state index contributed by atoms with van der Waals surface area (Å²) < 4.78 is 19.5. The SMILES string of the molecule is COc1ccc(/C(O)=C2/C(=O)C(=O)N(c3cccc(F)c3)C2c2ccc(O)c([N+](=O)[O-])c2)cc1C(C)C. The van der Waals surface area contributed by atoms with Crippen LogP contribution in [0.4, 0.5) is 15.8 Å². The maximum absolute atomic E-state index is 14.1. The number of Topliss-reactive ketones (excluding diaryl/α,β-unsaturated/α-hetero) is 1. The molecule has 2 N–H and O–H groups in total. The maximum atomic E-state index is 14.1. The number of benzene rings is 3. The van der Waals surface area contributed by atoms with E-state index in [2.05, 4.69) is 0 Å². The van der Waals surface area contributed by atoms with Crippen molar-refractivity contribution < 1.29 is 33.9 Å². The van der Waals surface area contributed by atoms with Gasteiger partial charge in [0.15, 0.2) is 5.75 Å². The fourth-order valence-electron chi connectivity index (χ4n) is 4.39. The Morgan fingerprint density at radius 1 is 1.11 bits per heavy atom. The zero-order valence-corrected chi connectivity index (χ0v) is 20.1. The van der Waals surface area contributed by atoms with Crippen LogP contribution in [0.5, 0.6) is 11.5 Å². The summed E-state index contributed by atoms with van der Waals surface area (Å²) in [6.45, 7) is 3.83. The number of rotatable bonds is 6. The van der Waals surface area contributed by atoms with Gasteiger partial charge in [0, 0.05) is 17.3 Å². The molecule has 1 aliphatic rings. The van der Waals surface area contributed by atoms with Crippen LogP contribution in [0.15, 0.2) is 66.2 Å². The topological polar surface area (TPSA) is 130 Å². The van der Waals surface area contributed by atoms with Gasteiger partial charge in [-0.05, 0) is 59.5 Å². The van der Waals surface area contributed by atoms with Gasteiger partial charge in [-0.25, -0.2) is 4.39 Å². The minimum Gasteiger partial charge on any atom is -0.507 e. The molecule has 3 aromatic carbocycles. The monoisotopic (exact) mass is 506 g/mol. The van der Waals surface area contributed by atoms with Crippen LogP contribution in [-0.2, 0) is 9.59 Å². The van der Waals surface area contributed by atoms with Crippen LogP contribution >= 0.6 is 0 Å². The summed E-state index contributed by atoms with van der Waals surface area (Å²) in [5, 5.41) is 32.8. The number of hydrogen-bond donors (Lipinski definition) is 2. The fraction of sp³-hybridized carbons (Fsp3) is 0.185. The number of ether oxygens (including phenoxy) is 1. The predicted octanol–water partition coefficient (Wildman–Crippen LogP) is 5.20. The van der Waals surface area contributed by atoms with E-state index in [0.717, 1.165) is 34.7 Å². The van der Waals surface area contributed by atoms with E-state index in [0.29, 0.717) is 5.75 Å². The molecule has 0 aliphatic carbocycles. The smallest absolute Gasteiger partial charge is 0.311 e. The van der Waals surface area contributed by atoms with Crippen molar-refractivity contribution in [3.8, 4) is 11.5 Å². The Morgan fingerprint density at radius 2 is 1.84 bits per heavy atom. The van der Waals surface area contributed by atoms with E-state index in [9.17, 15) is 34.3 Å². The third-order valence-electron chi connectivity index (χ3n) is 6.17. The second-order valence-corrected chi connectivity index (χ2v) is 8.77. The van der Waals surface area contributed by atoms with E-state index in [1.165, 1.54) is 31.4 Å². The molecule has 0 saturated carbocycles. The zero-order chi connectivity index (χ0) is 27.0. The van der Waals surface area contributed by atoms with Crippen molar-refractivity contribution in [2.45, 2.75) is 25.8 Å². The number of aliphatic hydroxyl groups excluding tert-OH is 1. The van der Waals surface area contributed by atoms with Crippen LogP contribution < -0.4 is 9.64 Å². The molecule has 1 heterocycles. The first-order valence-electron chi connectivity index (χ1n) is 11.3. The molecule has 1 unspecified atom stereocenters. The molecule has 0 bridgehead atoms. The lowest BCUT2D eigenvalue weighted by Gasteiger charge is -2.25. The standard InChI is InChI=1S/C27H23FN2O7/c1-14(2)19-11-16(8-10-22(19)37-3)25(32)23-24(15-7-9-21(31)20(12-15)30(35)36)29(27(34)26(23)33)18-6-4-5-17(28)13-18/h4-14,24,31-32H,1-3H3/b25-23-. The minimum absolute atomic E-state index is 0.00653. The second-order valence-electron chi connectivity index (χ2n) is 8.77. The van der Waals surface area contributed by atoms with Crippen LogP contribution in [0.25, 0.3) is 5.76 Å². The van der Waals surface area contributed by atoms with Crippen molar-refractivity contribution in [1.82, 2.24) is 0 Å². The first-order valence-corrected chi connectivity index (χ1v) is 11.3. The van der Waals surface area contributed by atoms with Gasteiger partial charge in [-0.15, -0.1) is 0 Å². The van der Waals surface area contributed by atoms with E-state index in [4.69, 9.17) is 4.74 Å². The summed E-state index contributed by atoms with van der Waals surface area (Å²) in [5.41, 5.74) is 0.0392. The van der Waals surface area contributed by atoms with Gasteiger partial charge in [0.25, 0.3) is 11.7 Å². The van der Waals surface area contributed by atoms with Crippen LogP contribution in [0.3, 0.4) is 0 Å². The highest BCUT2D eigenvalue weighted by molar-refractivity contribution is 6.51. The van der Waals surface area contributed by atoms with E-state index in [-0.39, 0.29) is 28.3 Å². The average Bonchev–Trinajstić information content (AvgIpc) is 3.13. The molecule has 0 aromatic heterocycles. The Balaban J connectivity index is 2.00. The number of phenolic OH excluding ortho intramolecular Hbond substituents is 1. The molecule has 9 nitrogen and oxygen atoms in total. The van der Waals surface area contributed by atoms with Gasteiger partial charge in [0.1, 0.15) is 17.3 Å². The lowest BCUT2D eigenvalue weighted by Crippen LogP contribution is -2.29. The Morgan fingerprint density at radius 3 is 2.46 bits per heavy atom. The van der Waals surface area contributed by atoms with Crippen LogP contribution in [0.2, 0.25) is 0 Å². The van der Waals surface area contributed by atoms with Crippen molar-refractivity contribution in [2.75, 3.05) is 12.0 Å². The van der Waals surface area contributed by atoms with Crippen molar-refractivity contribution in [3.63, 3.8) is 0 Å². The van der Waals surface area contributed by atoms with E-state index < -0.39 is 45.7 Å². The largest absolute Gasteiger partial charge is 0.507 e. The van der Waals surface area contributed by atoms with Crippen LogP contribution in [-0.4, -0.2) is 33.9 Å². The number of phenols is 1. The summed E-state index contributed by atoms with van der Waals surface area (Å²) in [5.74, 6) is -3.34. The number of nitro groups is 1. The Hall–Kier alpha value is -4.73. The number of nitrogens with zero attached hydrogens (tertiary/aromatic N) is 2. The number of carbonyl (C=O) groups excluding carboxylic acids is 2. The fourth-order valence-corrected chi connectivity index (χ4v) is 4.39. The molecule has 3 aromatic rings. The molecule has 0 radical (unpaired) electrons. The molecular weight excluding hydrogens is 483 g/mol. The van der Waals surface area contributed by atoms with Gasteiger partial charge in [0.2, 0.25) is 0 Å². The second kappa shape index (κ2) is 9.73. The van der Waals surface area contributed by atoms with Crippen molar-refractivity contribution in [3.05, 3.63) is 98.9 Å². The van der Waals surface area contributed by atoms with Crippen LogP contribution in [0.1, 0.15) is 42.5 Å². The minimum atomic E-state index is -1.34. The molecule has 190 valence electrons. The average molecular weight is 506 g/mol. The third kappa shape index (κ3) is 4.49. The number of carbonyl (C=O) groups is 2. The summed E-state index contributed by atoms with van der Waals surface area (Å²) in [4.78, 5) is 38.1. The van der Waals surface area contributed by atoms with Gasteiger partial charge in [-0.2, -0.15) is 0 Å². The zero-order valence-electron chi connectivity index (χ0n) is 20.1. The highest BCUT2D eigenvalue weighted by Crippen LogP contribution is 2.44. The van der Waals surface area contributed by atoms with E-state index in [1.54, 1.807) is 12.1 Å². The van der Waals surface area contributed by atoms with Crippen LogP contribution in [0, 0.1) is 15.9 Å². The Bertz CT molecular complexity index is 1460. The molecule has 1 atom stereocenters. The number of ketones is 1. The first kappa shape index (κ1) is 25.4. The highest BCUT2D eigenvalue weighted by Gasteiger charge is 2.47. The van der Waals surface area contributed by atoms with Gasteiger partial charge in [-0.3, -0.25) is 24.6 Å². The summed E-state index contributed by atoms with van der Waals surface area (Å²) in [6, 6.07) is 11.7. The number of halogens is 1. The molecule has 4 rings (SSSR count). The van der Waals surface area contributed by atoms with E-state index >= 15 is 0 Å². The normalized spacial score (nSPS) is 16.9. The first-order chi connectivity index (χ1) is 17.5. The van der Waals surface area contributed by atoms with Gasteiger partial charge in [-0.1, -0.05) is 26.0 Å². The predicted molar refractivity (Wildman–Crippen MR) is 133 cm³/mol. The molecule has 0 spiro atoms. The Kier molecular flexibility index (Phi) is 6.67. The summed E-state index contributed by atoms with van der Waals surface area (Å²) >= 11 is 0.